The maximum Gasteiger partial charge on any atom is 0.0964 e. The van der Waals surface area contributed by atoms with Crippen molar-refractivity contribution < 1.29 is 4.74 Å². The van der Waals surface area contributed by atoms with Gasteiger partial charge in [-0.25, -0.2) is 4.98 Å². The number of aromatic nitrogens is 1. The van der Waals surface area contributed by atoms with E-state index < -0.39 is 0 Å². The Kier molecular flexibility index (Phi) is 4.32. The Morgan fingerprint density at radius 3 is 2.81 bits per heavy atom. The number of hydrogen-bond donors (Lipinski definition) is 1. The lowest BCUT2D eigenvalue weighted by molar-refractivity contribution is 0.0852. The average molecular weight is 240 g/mol. The molecule has 1 saturated heterocycles. The summed E-state index contributed by atoms with van der Waals surface area (Å²) in [6.07, 6.45) is 4.43. The van der Waals surface area contributed by atoms with Gasteiger partial charge in [0.15, 0.2) is 0 Å². The van der Waals surface area contributed by atoms with Crippen LogP contribution in [0.1, 0.15) is 47.7 Å². The zero-order valence-electron chi connectivity index (χ0n) is 9.87. The van der Waals surface area contributed by atoms with Crippen molar-refractivity contribution in [1.82, 2.24) is 4.98 Å². The van der Waals surface area contributed by atoms with Crippen molar-refractivity contribution in [2.75, 3.05) is 13.2 Å². The van der Waals surface area contributed by atoms with Crippen LogP contribution in [-0.2, 0) is 17.7 Å². The first-order valence-electron chi connectivity index (χ1n) is 6.11. The van der Waals surface area contributed by atoms with Gasteiger partial charge in [-0.2, -0.15) is 0 Å². The Balaban J connectivity index is 2.14. The molecule has 0 atom stereocenters. The number of hydrogen-bond acceptors (Lipinski definition) is 4. The lowest BCUT2D eigenvalue weighted by Crippen LogP contribution is -2.13. The first-order chi connectivity index (χ1) is 7.85. The molecule has 1 aromatic heterocycles. The van der Waals surface area contributed by atoms with Crippen LogP contribution in [0.4, 0.5) is 0 Å². The fourth-order valence-corrected chi connectivity index (χ4v) is 3.27. The zero-order chi connectivity index (χ0) is 11.4. The van der Waals surface area contributed by atoms with Crippen LogP contribution in [0.25, 0.3) is 0 Å². The van der Waals surface area contributed by atoms with Gasteiger partial charge in [0.25, 0.3) is 0 Å². The van der Waals surface area contributed by atoms with Gasteiger partial charge in [-0.05, 0) is 19.3 Å². The second-order valence-electron chi connectivity index (χ2n) is 4.26. The lowest BCUT2D eigenvalue weighted by Gasteiger charge is -2.19. The first-order valence-corrected chi connectivity index (χ1v) is 6.93. The number of ether oxygens (including phenoxy) is 1. The molecular weight excluding hydrogens is 220 g/mol. The van der Waals surface area contributed by atoms with Crippen molar-refractivity contribution in [2.24, 2.45) is 5.73 Å². The number of nitrogens with zero attached hydrogens (tertiary/aromatic N) is 1. The van der Waals surface area contributed by atoms with Crippen LogP contribution >= 0.6 is 11.3 Å². The van der Waals surface area contributed by atoms with Crippen molar-refractivity contribution >= 4 is 11.3 Å². The molecule has 0 bridgehead atoms. The third-order valence-electron chi connectivity index (χ3n) is 3.04. The van der Waals surface area contributed by atoms with Gasteiger partial charge in [0.05, 0.1) is 10.7 Å². The van der Waals surface area contributed by atoms with Crippen molar-refractivity contribution in [1.29, 1.82) is 0 Å². The fraction of sp³-hybridized carbons (Fsp3) is 0.750. The third-order valence-corrected chi connectivity index (χ3v) is 4.32. The van der Waals surface area contributed by atoms with E-state index >= 15 is 0 Å². The van der Waals surface area contributed by atoms with Gasteiger partial charge in [0, 0.05) is 30.6 Å². The summed E-state index contributed by atoms with van der Waals surface area (Å²) >= 11 is 1.81. The molecule has 90 valence electrons. The Bertz CT molecular complexity index is 332. The molecule has 16 heavy (non-hydrogen) atoms. The second kappa shape index (κ2) is 5.75. The zero-order valence-corrected chi connectivity index (χ0v) is 10.7. The third kappa shape index (κ3) is 2.62. The van der Waals surface area contributed by atoms with Crippen LogP contribution in [-0.4, -0.2) is 18.2 Å². The SMILES string of the molecule is CCCc1nc(C2CCOCC2)sc1CN. The molecule has 1 aliphatic heterocycles. The molecular formula is C12H20N2OS. The lowest BCUT2D eigenvalue weighted by atomic mass is 10.0. The van der Waals surface area contributed by atoms with E-state index in [1.807, 2.05) is 11.3 Å². The summed E-state index contributed by atoms with van der Waals surface area (Å²) < 4.78 is 5.38. The van der Waals surface area contributed by atoms with E-state index in [9.17, 15) is 0 Å². The summed E-state index contributed by atoms with van der Waals surface area (Å²) in [6, 6.07) is 0. The van der Waals surface area contributed by atoms with Crippen LogP contribution < -0.4 is 5.73 Å². The van der Waals surface area contributed by atoms with E-state index in [-0.39, 0.29) is 0 Å². The van der Waals surface area contributed by atoms with E-state index in [0.29, 0.717) is 12.5 Å². The van der Waals surface area contributed by atoms with Gasteiger partial charge in [-0.1, -0.05) is 13.3 Å². The molecule has 0 aliphatic carbocycles. The number of thiazole rings is 1. The van der Waals surface area contributed by atoms with Crippen molar-refractivity contribution in [3.63, 3.8) is 0 Å². The van der Waals surface area contributed by atoms with E-state index in [1.165, 1.54) is 15.6 Å². The highest BCUT2D eigenvalue weighted by Gasteiger charge is 2.20. The second-order valence-corrected chi connectivity index (χ2v) is 5.38. The molecule has 0 saturated carbocycles. The highest BCUT2D eigenvalue weighted by molar-refractivity contribution is 7.11. The Morgan fingerprint density at radius 2 is 2.19 bits per heavy atom. The normalized spacial score (nSPS) is 17.9. The number of aryl methyl sites for hydroxylation is 1. The molecule has 0 radical (unpaired) electrons. The molecule has 1 aromatic rings. The summed E-state index contributed by atoms with van der Waals surface area (Å²) in [5.41, 5.74) is 7.00. The minimum absolute atomic E-state index is 0.606. The summed E-state index contributed by atoms with van der Waals surface area (Å²) in [5.74, 6) is 0.606. The molecule has 0 aromatic carbocycles. The van der Waals surface area contributed by atoms with Gasteiger partial charge in [-0.15, -0.1) is 11.3 Å². The van der Waals surface area contributed by atoms with Crippen LogP contribution in [0.5, 0.6) is 0 Å². The molecule has 2 N–H and O–H groups in total. The van der Waals surface area contributed by atoms with Gasteiger partial charge < -0.3 is 10.5 Å². The molecule has 0 amide bonds. The predicted molar refractivity (Wildman–Crippen MR) is 66.8 cm³/mol. The summed E-state index contributed by atoms with van der Waals surface area (Å²) in [5, 5.41) is 1.28. The van der Waals surface area contributed by atoms with Gasteiger partial charge >= 0.3 is 0 Å². The molecule has 0 unspecified atom stereocenters. The Morgan fingerprint density at radius 1 is 1.44 bits per heavy atom. The Hall–Kier alpha value is -0.450. The molecule has 0 spiro atoms. The monoisotopic (exact) mass is 240 g/mol. The molecule has 1 fully saturated rings. The van der Waals surface area contributed by atoms with Crippen molar-refractivity contribution in [2.45, 2.75) is 45.1 Å². The largest absolute Gasteiger partial charge is 0.381 e. The highest BCUT2D eigenvalue weighted by atomic mass is 32.1. The van der Waals surface area contributed by atoms with Crippen LogP contribution in [0.2, 0.25) is 0 Å². The van der Waals surface area contributed by atoms with E-state index in [1.54, 1.807) is 0 Å². The summed E-state index contributed by atoms with van der Waals surface area (Å²) in [6.45, 7) is 4.58. The number of rotatable bonds is 4. The Labute approximate surface area is 101 Å². The van der Waals surface area contributed by atoms with Gasteiger partial charge in [0.1, 0.15) is 0 Å². The van der Waals surface area contributed by atoms with Gasteiger partial charge in [0.2, 0.25) is 0 Å². The smallest absolute Gasteiger partial charge is 0.0964 e. The van der Waals surface area contributed by atoms with Crippen molar-refractivity contribution in [3.05, 3.63) is 15.6 Å². The summed E-state index contributed by atoms with van der Waals surface area (Å²) in [7, 11) is 0. The van der Waals surface area contributed by atoms with E-state index in [2.05, 4.69) is 6.92 Å². The van der Waals surface area contributed by atoms with E-state index in [0.717, 1.165) is 38.9 Å². The predicted octanol–water partition coefficient (Wildman–Crippen LogP) is 2.45. The van der Waals surface area contributed by atoms with Crippen LogP contribution in [0.15, 0.2) is 0 Å². The van der Waals surface area contributed by atoms with Crippen molar-refractivity contribution in [3.8, 4) is 0 Å². The molecule has 1 aliphatic rings. The molecule has 4 heteroatoms. The minimum atomic E-state index is 0.606. The maximum absolute atomic E-state index is 5.77. The molecule has 3 nitrogen and oxygen atoms in total. The number of nitrogens with two attached hydrogens (primary N) is 1. The average Bonchev–Trinajstić information content (AvgIpc) is 2.74. The molecule has 2 rings (SSSR count). The molecule has 2 heterocycles. The highest BCUT2D eigenvalue weighted by Crippen LogP contribution is 2.32. The summed E-state index contributed by atoms with van der Waals surface area (Å²) in [4.78, 5) is 6.06. The standard InChI is InChI=1S/C12H20N2OS/c1-2-3-10-11(8-13)16-12(14-10)9-4-6-15-7-5-9/h9H,2-8,13H2,1H3. The topological polar surface area (TPSA) is 48.1 Å². The van der Waals surface area contributed by atoms with Gasteiger partial charge in [-0.3, -0.25) is 0 Å². The van der Waals surface area contributed by atoms with Crippen LogP contribution in [0, 0.1) is 0 Å². The van der Waals surface area contributed by atoms with E-state index in [4.69, 9.17) is 15.5 Å². The first kappa shape index (κ1) is 12.0. The minimum Gasteiger partial charge on any atom is -0.381 e. The fourth-order valence-electron chi connectivity index (χ4n) is 2.11. The quantitative estimate of drug-likeness (QED) is 0.879. The maximum atomic E-state index is 5.77. The van der Waals surface area contributed by atoms with Crippen LogP contribution in [0.3, 0.4) is 0 Å².